The fourth-order valence-corrected chi connectivity index (χ4v) is 3.43. The van der Waals surface area contributed by atoms with Crippen LogP contribution in [0.5, 0.6) is 23.0 Å². The van der Waals surface area contributed by atoms with Gasteiger partial charge in [-0.3, -0.25) is 0 Å². The first kappa shape index (κ1) is 18.0. The summed E-state index contributed by atoms with van der Waals surface area (Å²) in [7, 11) is 0. The van der Waals surface area contributed by atoms with E-state index in [4.69, 9.17) is 4.74 Å². The number of anilines is 2. The molecule has 148 valence electrons. The summed E-state index contributed by atoms with van der Waals surface area (Å²) in [5.74, 6) is -1.04. The van der Waals surface area contributed by atoms with Gasteiger partial charge in [-0.05, 0) is 70.8 Å². The molecule has 4 aromatic rings. The Bertz CT molecular complexity index is 1200. The van der Waals surface area contributed by atoms with Gasteiger partial charge in [-0.15, -0.1) is 0 Å². The monoisotopic (exact) mass is 403 g/mol. The zero-order chi connectivity index (χ0) is 20.8. The van der Waals surface area contributed by atoms with Crippen molar-refractivity contribution in [1.82, 2.24) is 0 Å². The standard InChI is InChI=1S/C24H15F2NO3/c25-17-5-1-13(9-21(17)28)15-3-7-19-23(11-15)30-24-12-16(4-8-20(24)27-19)14-2-6-18(26)22(29)10-14/h1-12,27-29H. The van der Waals surface area contributed by atoms with Crippen LogP contribution in [0.2, 0.25) is 0 Å². The maximum absolute atomic E-state index is 13.4. The highest BCUT2D eigenvalue weighted by Gasteiger charge is 2.18. The van der Waals surface area contributed by atoms with Gasteiger partial charge in [0.2, 0.25) is 0 Å². The summed E-state index contributed by atoms with van der Waals surface area (Å²) in [6.07, 6.45) is 0. The van der Waals surface area contributed by atoms with Gasteiger partial charge in [0.1, 0.15) is 0 Å². The molecule has 0 atom stereocenters. The highest BCUT2D eigenvalue weighted by molar-refractivity contribution is 5.82. The summed E-state index contributed by atoms with van der Waals surface area (Å²) >= 11 is 0. The van der Waals surface area contributed by atoms with Crippen molar-refractivity contribution in [1.29, 1.82) is 0 Å². The van der Waals surface area contributed by atoms with Crippen molar-refractivity contribution >= 4 is 11.4 Å². The van der Waals surface area contributed by atoms with Gasteiger partial charge in [0.05, 0.1) is 11.4 Å². The minimum atomic E-state index is -0.678. The molecular weight excluding hydrogens is 388 g/mol. The van der Waals surface area contributed by atoms with Crippen LogP contribution in [-0.2, 0) is 0 Å². The molecule has 0 saturated heterocycles. The Morgan fingerprint density at radius 3 is 1.40 bits per heavy atom. The average Bonchev–Trinajstić information content (AvgIpc) is 2.75. The molecule has 30 heavy (non-hydrogen) atoms. The largest absolute Gasteiger partial charge is 0.505 e. The van der Waals surface area contributed by atoms with Gasteiger partial charge in [0.25, 0.3) is 0 Å². The minimum absolute atomic E-state index is 0.415. The summed E-state index contributed by atoms with van der Waals surface area (Å²) in [5.41, 5.74) is 4.36. The average molecular weight is 403 g/mol. The smallest absolute Gasteiger partial charge is 0.164 e. The second-order valence-electron chi connectivity index (χ2n) is 6.98. The summed E-state index contributed by atoms with van der Waals surface area (Å²) in [5, 5.41) is 22.6. The van der Waals surface area contributed by atoms with Crippen LogP contribution in [0.15, 0.2) is 72.8 Å². The van der Waals surface area contributed by atoms with Crippen LogP contribution < -0.4 is 10.1 Å². The first-order valence-corrected chi connectivity index (χ1v) is 9.19. The van der Waals surface area contributed by atoms with E-state index in [0.29, 0.717) is 22.6 Å². The summed E-state index contributed by atoms with van der Waals surface area (Å²) < 4.78 is 32.8. The van der Waals surface area contributed by atoms with E-state index in [1.54, 1.807) is 24.3 Å². The third kappa shape index (κ3) is 3.08. The number of benzene rings is 4. The van der Waals surface area contributed by atoms with E-state index < -0.39 is 23.1 Å². The number of hydrogen-bond donors (Lipinski definition) is 3. The molecule has 0 saturated carbocycles. The van der Waals surface area contributed by atoms with Crippen LogP contribution in [0.1, 0.15) is 0 Å². The lowest BCUT2D eigenvalue weighted by molar-refractivity contribution is 0.432. The second kappa shape index (κ2) is 6.77. The van der Waals surface area contributed by atoms with Gasteiger partial charge in [0.15, 0.2) is 34.6 Å². The summed E-state index contributed by atoms with van der Waals surface area (Å²) in [6, 6.07) is 19.3. The number of phenolic OH excluding ortho intramolecular Hbond substituents is 2. The van der Waals surface area contributed by atoms with Gasteiger partial charge in [0, 0.05) is 0 Å². The van der Waals surface area contributed by atoms with Crippen LogP contribution in [0.25, 0.3) is 22.3 Å². The first-order chi connectivity index (χ1) is 14.5. The zero-order valence-electron chi connectivity index (χ0n) is 15.5. The molecule has 0 spiro atoms. The SMILES string of the molecule is Oc1cc(-c2ccc3c(c2)Oc2cc(-c4ccc(F)c(O)c4)ccc2N3)ccc1F. The van der Waals surface area contributed by atoms with Crippen LogP contribution in [0.3, 0.4) is 0 Å². The van der Waals surface area contributed by atoms with Gasteiger partial charge < -0.3 is 20.3 Å². The van der Waals surface area contributed by atoms with Crippen LogP contribution in [0.4, 0.5) is 20.2 Å². The Hall–Kier alpha value is -4.06. The van der Waals surface area contributed by atoms with Gasteiger partial charge in [-0.2, -0.15) is 0 Å². The molecule has 0 aliphatic carbocycles. The lowest BCUT2D eigenvalue weighted by Crippen LogP contribution is -2.03. The van der Waals surface area contributed by atoms with E-state index in [1.807, 2.05) is 24.3 Å². The molecule has 4 aromatic carbocycles. The fourth-order valence-electron chi connectivity index (χ4n) is 3.43. The molecule has 6 heteroatoms. The second-order valence-corrected chi connectivity index (χ2v) is 6.98. The van der Waals surface area contributed by atoms with Crippen LogP contribution >= 0.6 is 0 Å². The highest BCUT2D eigenvalue weighted by Crippen LogP contribution is 2.45. The third-order valence-electron chi connectivity index (χ3n) is 5.01. The summed E-state index contributed by atoms with van der Waals surface area (Å²) in [4.78, 5) is 0. The van der Waals surface area contributed by atoms with Crippen molar-refractivity contribution in [2.75, 3.05) is 5.32 Å². The predicted octanol–water partition coefficient (Wildman–Crippen LogP) is 6.56. The first-order valence-electron chi connectivity index (χ1n) is 9.19. The van der Waals surface area contributed by atoms with Gasteiger partial charge in [-0.25, -0.2) is 8.78 Å². The summed E-state index contributed by atoms with van der Waals surface area (Å²) in [6.45, 7) is 0. The van der Waals surface area contributed by atoms with E-state index in [0.717, 1.165) is 22.5 Å². The molecule has 1 heterocycles. The lowest BCUT2D eigenvalue weighted by Gasteiger charge is -2.23. The fraction of sp³-hybridized carbons (Fsp3) is 0. The number of fused-ring (bicyclic) bond motifs is 2. The van der Waals surface area contributed by atoms with Crippen molar-refractivity contribution in [3.8, 4) is 45.3 Å². The molecule has 3 N–H and O–H groups in total. The topological polar surface area (TPSA) is 61.7 Å². The molecule has 4 nitrogen and oxygen atoms in total. The number of rotatable bonds is 2. The van der Waals surface area contributed by atoms with Crippen molar-refractivity contribution in [2.24, 2.45) is 0 Å². The Balaban J connectivity index is 1.50. The quantitative estimate of drug-likeness (QED) is 0.312. The van der Waals surface area contributed by atoms with E-state index in [2.05, 4.69) is 5.32 Å². The minimum Gasteiger partial charge on any atom is -0.505 e. The Kier molecular flexibility index (Phi) is 4.06. The number of aromatic hydroxyl groups is 2. The number of ether oxygens (including phenoxy) is 1. The molecule has 1 aliphatic heterocycles. The van der Waals surface area contributed by atoms with Crippen molar-refractivity contribution in [3.05, 3.63) is 84.4 Å². The maximum atomic E-state index is 13.4. The number of nitrogens with one attached hydrogen (secondary N) is 1. The number of halogens is 2. The molecule has 1 aliphatic rings. The van der Waals surface area contributed by atoms with E-state index in [1.165, 1.54) is 24.3 Å². The number of hydrogen-bond acceptors (Lipinski definition) is 4. The van der Waals surface area contributed by atoms with Crippen molar-refractivity contribution in [2.45, 2.75) is 0 Å². The molecule has 0 aromatic heterocycles. The maximum Gasteiger partial charge on any atom is 0.164 e. The Morgan fingerprint density at radius 2 is 0.967 bits per heavy atom. The lowest BCUT2D eigenvalue weighted by atomic mass is 10.0. The molecular formula is C24H15F2NO3. The Morgan fingerprint density at radius 1 is 0.567 bits per heavy atom. The van der Waals surface area contributed by atoms with E-state index in [-0.39, 0.29) is 0 Å². The normalized spacial score (nSPS) is 11.8. The third-order valence-corrected chi connectivity index (χ3v) is 5.01. The Labute approximate surface area is 170 Å². The van der Waals surface area contributed by atoms with E-state index >= 15 is 0 Å². The van der Waals surface area contributed by atoms with E-state index in [9.17, 15) is 19.0 Å². The highest BCUT2D eigenvalue weighted by atomic mass is 19.1. The molecule has 0 bridgehead atoms. The molecule has 0 radical (unpaired) electrons. The van der Waals surface area contributed by atoms with Gasteiger partial charge >= 0.3 is 0 Å². The van der Waals surface area contributed by atoms with Gasteiger partial charge in [-0.1, -0.05) is 24.3 Å². The predicted molar refractivity (Wildman–Crippen MR) is 110 cm³/mol. The van der Waals surface area contributed by atoms with Crippen molar-refractivity contribution < 1.29 is 23.7 Å². The van der Waals surface area contributed by atoms with Crippen molar-refractivity contribution in [3.63, 3.8) is 0 Å². The molecule has 0 unspecified atom stereocenters. The molecule has 0 fully saturated rings. The molecule has 0 amide bonds. The zero-order valence-corrected chi connectivity index (χ0v) is 15.5. The van der Waals surface area contributed by atoms with Crippen LogP contribution in [0, 0.1) is 11.6 Å². The van der Waals surface area contributed by atoms with Crippen LogP contribution in [-0.4, -0.2) is 10.2 Å². The number of phenols is 2. The molecule has 5 rings (SSSR count).